The number of hydrogen-bond acceptors (Lipinski definition) is 4. The highest BCUT2D eigenvalue weighted by Crippen LogP contribution is 2.36. The molecule has 1 aliphatic rings. The Bertz CT molecular complexity index is 891. The van der Waals surface area contributed by atoms with E-state index in [9.17, 15) is 26.4 Å². The van der Waals surface area contributed by atoms with Crippen LogP contribution in [0, 0.1) is 5.92 Å². The molecule has 0 atom stereocenters. The number of rotatable bonds is 8. The molecule has 6 nitrogen and oxygen atoms in total. The van der Waals surface area contributed by atoms with E-state index in [1.807, 2.05) is 0 Å². The van der Waals surface area contributed by atoms with Crippen LogP contribution in [0.3, 0.4) is 0 Å². The van der Waals surface area contributed by atoms with Crippen molar-refractivity contribution in [3.05, 3.63) is 28.8 Å². The second kappa shape index (κ2) is 10.7. The molecule has 1 aliphatic heterocycles. The average molecular weight is 498 g/mol. The van der Waals surface area contributed by atoms with Crippen molar-refractivity contribution in [2.45, 2.75) is 63.7 Å². The zero-order valence-corrected chi connectivity index (χ0v) is 20.3. The summed E-state index contributed by atoms with van der Waals surface area (Å²) in [7, 11) is -4.12. The number of nitrogens with one attached hydrogen (secondary N) is 1. The zero-order chi connectivity index (χ0) is 24.3. The lowest BCUT2D eigenvalue weighted by atomic mass is 9.97. The fourth-order valence-electron chi connectivity index (χ4n) is 3.95. The molecule has 0 saturated carbocycles. The Hall–Kier alpha value is -1.36. The van der Waals surface area contributed by atoms with Crippen LogP contribution < -0.4 is 5.32 Å². The fourth-order valence-corrected chi connectivity index (χ4v) is 5.68. The average Bonchev–Trinajstić information content (AvgIpc) is 2.69. The Kier molecular flexibility index (Phi) is 9.00. The van der Waals surface area contributed by atoms with E-state index in [0.29, 0.717) is 44.1 Å². The maximum atomic E-state index is 13.1. The van der Waals surface area contributed by atoms with E-state index in [-0.39, 0.29) is 24.9 Å². The summed E-state index contributed by atoms with van der Waals surface area (Å²) in [6.45, 7) is 9.72. The van der Waals surface area contributed by atoms with Gasteiger partial charge in [-0.2, -0.15) is 17.5 Å². The third-order valence-corrected chi connectivity index (χ3v) is 7.93. The number of hydrogen-bond donors (Lipinski definition) is 1. The molecule has 0 bridgehead atoms. The Morgan fingerprint density at radius 2 is 1.75 bits per heavy atom. The zero-order valence-electron chi connectivity index (χ0n) is 18.7. The molecule has 0 spiro atoms. The summed E-state index contributed by atoms with van der Waals surface area (Å²) in [5.74, 6) is -0.454. The van der Waals surface area contributed by atoms with Crippen LogP contribution in [0.15, 0.2) is 23.1 Å². The van der Waals surface area contributed by atoms with Crippen LogP contribution in [0.5, 0.6) is 0 Å². The van der Waals surface area contributed by atoms with Gasteiger partial charge >= 0.3 is 6.18 Å². The Morgan fingerprint density at radius 3 is 2.25 bits per heavy atom. The van der Waals surface area contributed by atoms with Gasteiger partial charge in [-0.05, 0) is 58.7 Å². The molecule has 0 aliphatic carbocycles. The topological polar surface area (TPSA) is 69.7 Å². The highest BCUT2D eigenvalue weighted by Gasteiger charge is 2.37. The van der Waals surface area contributed by atoms with Gasteiger partial charge in [0.25, 0.3) is 0 Å². The molecule has 0 radical (unpaired) electrons. The monoisotopic (exact) mass is 497 g/mol. The second-order valence-electron chi connectivity index (χ2n) is 8.53. The lowest BCUT2D eigenvalue weighted by molar-refractivity contribution is -0.137. The summed E-state index contributed by atoms with van der Waals surface area (Å²) >= 11 is 5.59. The largest absolute Gasteiger partial charge is 0.417 e. The van der Waals surface area contributed by atoms with E-state index in [2.05, 4.69) is 37.9 Å². The third kappa shape index (κ3) is 6.59. The van der Waals surface area contributed by atoms with Crippen molar-refractivity contribution in [2.24, 2.45) is 5.92 Å². The van der Waals surface area contributed by atoms with Gasteiger partial charge in [0.15, 0.2) is 0 Å². The van der Waals surface area contributed by atoms with Crippen LogP contribution in [-0.2, 0) is 21.0 Å². The standard InChI is InChI=1S/C21H31ClF3N3O3S/c1-14(2)28(15(3)4)12-9-26-20(29)16-7-10-27(11-8-16)32(30,31)17-5-6-19(22)18(13-17)21(23,24)25/h5-6,13-16H,7-12H2,1-4H3,(H,26,29). The number of benzene rings is 1. The predicted octanol–water partition coefficient (Wildman–Crippen LogP) is 3.99. The molecule has 1 aromatic rings. The minimum absolute atomic E-state index is 0.0640. The number of nitrogens with zero attached hydrogens (tertiary/aromatic N) is 2. The minimum atomic E-state index is -4.76. The molecule has 1 fully saturated rings. The van der Waals surface area contributed by atoms with Crippen molar-refractivity contribution < 1.29 is 26.4 Å². The van der Waals surface area contributed by atoms with Crippen molar-refractivity contribution in [2.75, 3.05) is 26.2 Å². The van der Waals surface area contributed by atoms with Crippen molar-refractivity contribution in [3.8, 4) is 0 Å². The van der Waals surface area contributed by atoms with Gasteiger partial charge in [0, 0.05) is 44.2 Å². The fraction of sp³-hybridized carbons (Fsp3) is 0.667. The second-order valence-corrected chi connectivity index (χ2v) is 10.9. The Balaban J connectivity index is 1.96. The van der Waals surface area contributed by atoms with Crippen LogP contribution in [0.4, 0.5) is 13.2 Å². The van der Waals surface area contributed by atoms with Gasteiger partial charge in [-0.3, -0.25) is 9.69 Å². The maximum Gasteiger partial charge on any atom is 0.417 e. The first-order chi connectivity index (χ1) is 14.7. The first-order valence-electron chi connectivity index (χ1n) is 10.7. The molecule has 1 amide bonds. The summed E-state index contributed by atoms with van der Waals surface area (Å²) in [4.78, 5) is 14.3. The number of carbonyl (C=O) groups excluding carboxylic acids is 1. The van der Waals surface area contributed by atoms with Gasteiger partial charge in [-0.15, -0.1) is 0 Å². The summed E-state index contributed by atoms with van der Waals surface area (Å²) in [6.07, 6.45) is -4.14. The third-order valence-electron chi connectivity index (χ3n) is 5.70. The number of piperidine rings is 1. The number of sulfonamides is 1. The molecule has 0 unspecified atom stereocenters. The van der Waals surface area contributed by atoms with Crippen molar-refractivity contribution in [1.29, 1.82) is 0 Å². The minimum Gasteiger partial charge on any atom is -0.355 e. The van der Waals surface area contributed by atoms with Gasteiger partial charge in [-0.1, -0.05) is 11.6 Å². The molecule has 1 saturated heterocycles. The smallest absolute Gasteiger partial charge is 0.355 e. The molecule has 1 heterocycles. The van der Waals surface area contributed by atoms with Crippen LogP contribution in [0.25, 0.3) is 0 Å². The summed E-state index contributed by atoms with van der Waals surface area (Å²) in [5, 5.41) is 2.36. The van der Waals surface area contributed by atoms with Crippen LogP contribution in [0.2, 0.25) is 5.02 Å². The normalized spacial score (nSPS) is 16.8. The molecule has 182 valence electrons. The highest BCUT2D eigenvalue weighted by molar-refractivity contribution is 7.89. The van der Waals surface area contributed by atoms with Crippen molar-refractivity contribution >= 4 is 27.5 Å². The number of alkyl halides is 3. The quantitative estimate of drug-likeness (QED) is 0.589. The summed E-state index contributed by atoms with van der Waals surface area (Å²) in [5.41, 5.74) is -1.19. The summed E-state index contributed by atoms with van der Waals surface area (Å²) < 4.78 is 66.1. The van der Waals surface area contributed by atoms with Crippen molar-refractivity contribution in [3.63, 3.8) is 0 Å². The first kappa shape index (κ1) is 26.9. The predicted molar refractivity (Wildman–Crippen MR) is 118 cm³/mol. The van der Waals surface area contributed by atoms with Gasteiger partial charge in [0.1, 0.15) is 0 Å². The molecule has 32 heavy (non-hydrogen) atoms. The Morgan fingerprint density at radius 1 is 1.19 bits per heavy atom. The van der Waals surface area contributed by atoms with E-state index in [0.717, 1.165) is 16.4 Å². The van der Waals surface area contributed by atoms with Crippen molar-refractivity contribution in [1.82, 2.24) is 14.5 Å². The van der Waals surface area contributed by atoms with Gasteiger partial charge in [-0.25, -0.2) is 8.42 Å². The van der Waals surface area contributed by atoms with Crippen LogP contribution in [-0.4, -0.2) is 61.8 Å². The van der Waals surface area contributed by atoms with E-state index >= 15 is 0 Å². The molecule has 11 heteroatoms. The molecular weight excluding hydrogens is 467 g/mol. The lowest BCUT2D eigenvalue weighted by Gasteiger charge is -2.32. The lowest BCUT2D eigenvalue weighted by Crippen LogP contribution is -2.46. The van der Waals surface area contributed by atoms with E-state index in [4.69, 9.17) is 11.6 Å². The SMILES string of the molecule is CC(C)N(CCNC(=O)C1CCN(S(=O)(=O)c2ccc(Cl)c(C(F)(F)F)c2)CC1)C(C)C. The summed E-state index contributed by atoms with van der Waals surface area (Å²) in [6, 6.07) is 3.28. The molecular formula is C21H31ClF3N3O3S. The van der Waals surface area contributed by atoms with E-state index in [1.54, 1.807) is 0 Å². The van der Waals surface area contributed by atoms with E-state index in [1.165, 1.54) is 0 Å². The number of amides is 1. The van der Waals surface area contributed by atoms with Gasteiger partial charge < -0.3 is 5.32 Å². The van der Waals surface area contributed by atoms with Gasteiger partial charge in [0.05, 0.1) is 15.5 Å². The maximum absolute atomic E-state index is 13.1. The van der Waals surface area contributed by atoms with Crippen LogP contribution in [0.1, 0.15) is 46.1 Å². The van der Waals surface area contributed by atoms with Gasteiger partial charge in [0.2, 0.25) is 15.9 Å². The number of carbonyl (C=O) groups is 1. The number of halogens is 4. The first-order valence-corrected chi connectivity index (χ1v) is 12.5. The molecule has 1 aromatic carbocycles. The highest BCUT2D eigenvalue weighted by atomic mass is 35.5. The van der Waals surface area contributed by atoms with E-state index < -0.39 is 31.7 Å². The molecule has 1 N–H and O–H groups in total. The molecule has 0 aromatic heterocycles. The molecule has 2 rings (SSSR count). The van der Waals surface area contributed by atoms with Crippen LogP contribution >= 0.6 is 11.6 Å². The Labute approximate surface area is 193 Å².